The van der Waals surface area contributed by atoms with Crippen LogP contribution < -0.4 is 5.32 Å². The molecule has 0 saturated heterocycles. The Morgan fingerprint density at radius 1 is 1.46 bits per heavy atom. The summed E-state index contributed by atoms with van der Waals surface area (Å²) in [5.74, 6) is 1.84. The molecule has 1 N–H and O–H groups in total. The lowest BCUT2D eigenvalue weighted by Crippen LogP contribution is -2.16. The van der Waals surface area contributed by atoms with E-state index in [1.54, 1.807) is 6.33 Å². The van der Waals surface area contributed by atoms with E-state index in [0.717, 1.165) is 30.5 Å². The van der Waals surface area contributed by atoms with E-state index in [1.807, 2.05) is 12.4 Å². The van der Waals surface area contributed by atoms with Crippen LogP contribution in [0.3, 0.4) is 0 Å². The summed E-state index contributed by atoms with van der Waals surface area (Å²) in [5.41, 5.74) is 1.16. The van der Waals surface area contributed by atoms with Crippen LogP contribution in [0.15, 0.2) is 18.7 Å². The first-order valence-corrected chi connectivity index (χ1v) is 4.81. The molecule has 70 valence electrons. The van der Waals surface area contributed by atoms with Gasteiger partial charge in [-0.2, -0.15) is 0 Å². The number of rotatable bonds is 4. The minimum atomic E-state index is 0.893. The summed E-state index contributed by atoms with van der Waals surface area (Å²) in [6.07, 6.45) is 6.66. The van der Waals surface area contributed by atoms with Crippen molar-refractivity contribution < 1.29 is 0 Å². The molecule has 1 fully saturated rings. The Hall–Kier alpha value is -0.960. The van der Waals surface area contributed by atoms with Crippen LogP contribution >= 0.6 is 0 Å². The number of hydrogen-bond donors (Lipinski definition) is 1. The molecule has 0 aromatic carbocycles. The highest BCUT2D eigenvalue weighted by molar-refractivity contribution is 5.01. The van der Waals surface area contributed by atoms with Crippen molar-refractivity contribution in [2.75, 3.05) is 6.54 Å². The zero-order chi connectivity index (χ0) is 9.10. The molecular formula is C10H15N3. The Morgan fingerprint density at radius 2 is 2.15 bits per heavy atom. The third kappa shape index (κ3) is 2.49. The predicted octanol–water partition coefficient (Wildman–Crippen LogP) is 1.22. The molecule has 2 unspecified atom stereocenters. The lowest BCUT2D eigenvalue weighted by molar-refractivity contribution is 0.610. The van der Waals surface area contributed by atoms with Crippen molar-refractivity contribution in [3.63, 3.8) is 0 Å². The minimum Gasteiger partial charge on any atom is -0.312 e. The molecule has 1 heterocycles. The van der Waals surface area contributed by atoms with Gasteiger partial charge in [0.05, 0.1) is 0 Å². The predicted molar refractivity (Wildman–Crippen MR) is 51.0 cm³/mol. The van der Waals surface area contributed by atoms with Crippen LogP contribution in [0, 0.1) is 11.8 Å². The highest BCUT2D eigenvalue weighted by Crippen LogP contribution is 2.36. The molecule has 1 saturated carbocycles. The normalized spacial score (nSPS) is 25.9. The number of aromatic nitrogens is 2. The van der Waals surface area contributed by atoms with Crippen molar-refractivity contribution in [2.24, 2.45) is 11.8 Å². The monoisotopic (exact) mass is 177 g/mol. The summed E-state index contributed by atoms with van der Waals surface area (Å²) in [6.45, 7) is 4.33. The Kier molecular flexibility index (Phi) is 2.54. The van der Waals surface area contributed by atoms with Crippen LogP contribution in [-0.4, -0.2) is 16.5 Å². The van der Waals surface area contributed by atoms with Gasteiger partial charge in [-0.1, -0.05) is 6.92 Å². The lowest BCUT2D eigenvalue weighted by atomic mass is 10.3. The number of hydrogen-bond acceptors (Lipinski definition) is 3. The summed E-state index contributed by atoms with van der Waals surface area (Å²) in [5, 5.41) is 3.41. The van der Waals surface area contributed by atoms with Crippen LogP contribution in [-0.2, 0) is 6.54 Å². The Balaban J connectivity index is 1.68. The molecule has 3 heteroatoms. The first-order valence-electron chi connectivity index (χ1n) is 4.81. The second-order valence-electron chi connectivity index (χ2n) is 3.85. The van der Waals surface area contributed by atoms with Gasteiger partial charge >= 0.3 is 0 Å². The topological polar surface area (TPSA) is 37.8 Å². The van der Waals surface area contributed by atoms with Crippen molar-refractivity contribution in [2.45, 2.75) is 19.9 Å². The van der Waals surface area contributed by atoms with Gasteiger partial charge in [-0.25, -0.2) is 9.97 Å². The first kappa shape index (κ1) is 8.63. The highest BCUT2D eigenvalue weighted by Gasteiger charge is 2.31. The third-order valence-corrected chi connectivity index (χ3v) is 2.63. The number of nitrogens with one attached hydrogen (secondary N) is 1. The standard InChI is InChI=1S/C10H15N3/c1-8-2-10(8)6-11-3-9-4-12-7-13-5-9/h4-5,7-8,10-11H,2-3,6H2,1H3. The van der Waals surface area contributed by atoms with Gasteiger partial charge < -0.3 is 5.32 Å². The molecule has 0 spiro atoms. The fourth-order valence-corrected chi connectivity index (χ4v) is 1.51. The molecule has 0 aliphatic heterocycles. The first-order chi connectivity index (χ1) is 6.36. The SMILES string of the molecule is CC1CC1CNCc1cncnc1. The van der Waals surface area contributed by atoms with Gasteiger partial charge in [0, 0.05) is 24.5 Å². The van der Waals surface area contributed by atoms with Crippen molar-refractivity contribution in [3.05, 3.63) is 24.3 Å². The molecule has 2 atom stereocenters. The molecule has 0 amide bonds. The van der Waals surface area contributed by atoms with Crippen molar-refractivity contribution in [3.8, 4) is 0 Å². The van der Waals surface area contributed by atoms with Crippen molar-refractivity contribution >= 4 is 0 Å². The molecule has 1 aromatic rings. The summed E-state index contributed by atoms with van der Waals surface area (Å²) in [4.78, 5) is 7.92. The van der Waals surface area contributed by atoms with Crippen LogP contribution in [0.25, 0.3) is 0 Å². The zero-order valence-electron chi connectivity index (χ0n) is 7.90. The van der Waals surface area contributed by atoms with E-state index in [-0.39, 0.29) is 0 Å². The van der Waals surface area contributed by atoms with Gasteiger partial charge in [0.25, 0.3) is 0 Å². The van der Waals surface area contributed by atoms with E-state index in [1.165, 1.54) is 6.42 Å². The maximum atomic E-state index is 3.96. The van der Waals surface area contributed by atoms with Crippen molar-refractivity contribution in [1.29, 1.82) is 0 Å². The summed E-state index contributed by atoms with van der Waals surface area (Å²) in [6, 6.07) is 0. The molecular weight excluding hydrogens is 162 g/mol. The van der Waals surface area contributed by atoms with E-state index in [0.29, 0.717) is 0 Å². The fraction of sp³-hybridized carbons (Fsp3) is 0.600. The number of nitrogens with zero attached hydrogens (tertiary/aromatic N) is 2. The van der Waals surface area contributed by atoms with Gasteiger partial charge in [-0.3, -0.25) is 0 Å². The van der Waals surface area contributed by atoms with Crippen LogP contribution in [0.4, 0.5) is 0 Å². The van der Waals surface area contributed by atoms with Crippen LogP contribution in [0.2, 0.25) is 0 Å². The van der Waals surface area contributed by atoms with Gasteiger partial charge in [0.15, 0.2) is 0 Å². The summed E-state index contributed by atoms with van der Waals surface area (Å²) in [7, 11) is 0. The zero-order valence-corrected chi connectivity index (χ0v) is 7.90. The molecule has 13 heavy (non-hydrogen) atoms. The van der Waals surface area contributed by atoms with Gasteiger partial charge in [0.2, 0.25) is 0 Å². The van der Waals surface area contributed by atoms with Gasteiger partial charge in [-0.05, 0) is 24.8 Å². The smallest absolute Gasteiger partial charge is 0.115 e. The molecule has 0 radical (unpaired) electrons. The van der Waals surface area contributed by atoms with E-state index < -0.39 is 0 Å². The Bertz CT molecular complexity index is 260. The largest absolute Gasteiger partial charge is 0.312 e. The van der Waals surface area contributed by atoms with E-state index >= 15 is 0 Å². The average molecular weight is 177 g/mol. The second kappa shape index (κ2) is 3.83. The minimum absolute atomic E-state index is 0.893. The molecule has 0 bridgehead atoms. The summed E-state index contributed by atoms with van der Waals surface area (Å²) < 4.78 is 0. The molecule has 1 aromatic heterocycles. The van der Waals surface area contributed by atoms with Gasteiger partial charge in [0.1, 0.15) is 6.33 Å². The lowest BCUT2D eigenvalue weighted by Gasteiger charge is -2.02. The maximum Gasteiger partial charge on any atom is 0.115 e. The average Bonchev–Trinajstić information content (AvgIpc) is 2.84. The Morgan fingerprint density at radius 3 is 2.77 bits per heavy atom. The third-order valence-electron chi connectivity index (χ3n) is 2.63. The van der Waals surface area contributed by atoms with Crippen LogP contribution in [0.5, 0.6) is 0 Å². The van der Waals surface area contributed by atoms with E-state index in [9.17, 15) is 0 Å². The maximum absolute atomic E-state index is 3.96. The van der Waals surface area contributed by atoms with Gasteiger partial charge in [-0.15, -0.1) is 0 Å². The van der Waals surface area contributed by atoms with E-state index in [2.05, 4.69) is 22.2 Å². The Labute approximate surface area is 78.6 Å². The van der Waals surface area contributed by atoms with E-state index in [4.69, 9.17) is 0 Å². The van der Waals surface area contributed by atoms with Crippen molar-refractivity contribution in [1.82, 2.24) is 15.3 Å². The second-order valence-corrected chi connectivity index (χ2v) is 3.85. The molecule has 3 nitrogen and oxygen atoms in total. The highest BCUT2D eigenvalue weighted by atomic mass is 14.9. The molecule has 1 aliphatic carbocycles. The summed E-state index contributed by atoms with van der Waals surface area (Å²) >= 11 is 0. The van der Waals surface area contributed by atoms with Crippen LogP contribution in [0.1, 0.15) is 18.9 Å². The molecule has 2 rings (SSSR count). The fourth-order valence-electron chi connectivity index (χ4n) is 1.51. The quantitative estimate of drug-likeness (QED) is 0.751. The molecule has 1 aliphatic rings.